The first-order chi connectivity index (χ1) is 8.13. The first-order valence-corrected chi connectivity index (χ1v) is 5.71. The molecule has 1 heterocycles. The van der Waals surface area contributed by atoms with Gasteiger partial charge in [-0.3, -0.25) is 14.2 Å². The Morgan fingerprint density at radius 2 is 2.12 bits per heavy atom. The molecule has 0 amide bonds. The number of alkyl halides is 1. The summed E-state index contributed by atoms with van der Waals surface area (Å²) in [6.45, 7) is 1.44. The van der Waals surface area contributed by atoms with Crippen molar-refractivity contribution in [1.29, 1.82) is 0 Å². The second-order valence-corrected chi connectivity index (χ2v) is 4.04. The lowest BCUT2D eigenvalue weighted by atomic mass is 10.2. The van der Waals surface area contributed by atoms with Crippen molar-refractivity contribution in [3.8, 4) is 0 Å². The molecule has 0 saturated heterocycles. The number of carbonyl (C=O) groups excluding carboxylic acids is 1. The van der Waals surface area contributed by atoms with E-state index in [1.165, 1.54) is 11.5 Å². The molecule has 0 aliphatic rings. The van der Waals surface area contributed by atoms with Crippen LogP contribution in [0.4, 0.5) is 0 Å². The van der Waals surface area contributed by atoms with E-state index in [4.69, 9.17) is 11.6 Å². The maximum absolute atomic E-state index is 12.2. The number of rotatable bonds is 3. The second kappa shape index (κ2) is 4.67. The Morgan fingerprint density at radius 3 is 2.76 bits per heavy atom. The first kappa shape index (κ1) is 11.8. The molecule has 0 saturated carbocycles. The molecule has 0 fully saturated rings. The van der Waals surface area contributed by atoms with Gasteiger partial charge in [0.25, 0.3) is 5.56 Å². The quantitative estimate of drug-likeness (QED) is 0.780. The number of aromatic nitrogens is 2. The summed E-state index contributed by atoms with van der Waals surface area (Å²) >= 11 is 5.75. The molecule has 0 atom stereocenters. The van der Waals surface area contributed by atoms with Crippen molar-refractivity contribution in [1.82, 2.24) is 9.55 Å². The number of hydrogen-bond acceptors (Lipinski definition) is 3. The molecule has 0 aliphatic heterocycles. The van der Waals surface area contributed by atoms with E-state index in [0.29, 0.717) is 16.7 Å². The third kappa shape index (κ3) is 2.22. The molecule has 17 heavy (non-hydrogen) atoms. The normalized spacial score (nSPS) is 10.7. The number of fused-ring (bicyclic) bond motifs is 1. The maximum atomic E-state index is 12.2. The minimum absolute atomic E-state index is 0.0126. The van der Waals surface area contributed by atoms with Gasteiger partial charge in [0.1, 0.15) is 11.6 Å². The standard InChI is InChI=1S/C12H11ClN2O2/c1-8(16)7-15-11(6-13)14-10-5-3-2-4-9(10)12(15)17/h2-5H,6-7H2,1H3. The molecule has 0 radical (unpaired) electrons. The van der Waals surface area contributed by atoms with Gasteiger partial charge in [-0.1, -0.05) is 12.1 Å². The molecular formula is C12H11ClN2O2. The number of ketones is 1. The molecule has 2 rings (SSSR count). The van der Waals surface area contributed by atoms with E-state index >= 15 is 0 Å². The van der Waals surface area contributed by atoms with Crippen LogP contribution in [0.25, 0.3) is 10.9 Å². The fourth-order valence-corrected chi connectivity index (χ4v) is 1.91. The van der Waals surface area contributed by atoms with Gasteiger partial charge in [0.2, 0.25) is 0 Å². The van der Waals surface area contributed by atoms with Crippen LogP contribution in [0.15, 0.2) is 29.1 Å². The van der Waals surface area contributed by atoms with Crippen molar-refractivity contribution in [3.05, 3.63) is 40.4 Å². The van der Waals surface area contributed by atoms with Gasteiger partial charge in [-0.05, 0) is 19.1 Å². The lowest BCUT2D eigenvalue weighted by molar-refractivity contribution is -0.117. The zero-order valence-corrected chi connectivity index (χ0v) is 10.1. The second-order valence-electron chi connectivity index (χ2n) is 3.77. The topological polar surface area (TPSA) is 52.0 Å². The lowest BCUT2D eigenvalue weighted by Crippen LogP contribution is -2.27. The Balaban J connectivity index is 2.76. The Bertz CT molecular complexity index is 634. The van der Waals surface area contributed by atoms with Crippen molar-refractivity contribution in [2.24, 2.45) is 0 Å². The smallest absolute Gasteiger partial charge is 0.261 e. The number of halogens is 1. The van der Waals surface area contributed by atoms with E-state index < -0.39 is 0 Å². The summed E-state index contributed by atoms with van der Waals surface area (Å²) in [5.74, 6) is 0.425. The van der Waals surface area contributed by atoms with Crippen molar-refractivity contribution in [2.75, 3.05) is 0 Å². The summed E-state index contributed by atoms with van der Waals surface area (Å²) in [7, 11) is 0. The van der Waals surface area contributed by atoms with E-state index in [1.54, 1.807) is 18.2 Å². The largest absolute Gasteiger partial charge is 0.298 e. The van der Waals surface area contributed by atoms with Crippen LogP contribution in [-0.4, -0.2) is 15.3 Å². The van der Waals surface area contributed by atoms with Crippen molar-refractivity contribution in [3.63, 3.8) is 0 Å². The van der Waals surface area contributed by atoms with E-state index in [-0.39, 0.29) is 23.8 Å². The van der Waals surface area contributed by atoms with Gasteiger partial charge >= 0.3 is 0 Å². The number of benzene rings is 1. The van der Waals surface area contributed by atoms with Crippen LogP contribution in [-0.2, 0) is 17.2 Å². The highest BCUT2D eigenvalue weighted by Gasteiger charge is 2.10. The Kier molecular flexibility index (Phi) is 3.24. The molecule has 1 aromatic heterocycles. The van der Waals surface area contributed by atoms with Crippen LogP contribution < -0.4 is 5.56 Å². The summed E-state index contributed by atoms with van der Waals surface area (Å²) in [6, 6.07) is 7.02. The summed E-state index contributed by atoms with van der Waals surface area (Å²) in [5.41, 5.74) is 0.384. The Morgan fingerprint density at radius 1 is 1.41 bits per heavy atom. The van der Waals surface area contributed by atoms with E-state index in [0.717, 1.165) is 0 Å². The molecule has 1 aromatic carbocycles. The van der Waals surface area contributed by atoms with Gasteiger partial charge < -0.3 is 0 Å². The van der Waals surface area contributed by atoms with E-state index in [1.807, 2.05) is 6.07 Å². The average molecular weight is 251 g/mol. The predicted molar refractivity (Wildman–Crippen MR) is 66.2 cm³/mol. The molecule has 5 heteroatoms. The lowest BCUT2D eigenvalue weighted by Gasteiger charge is -2.09. The summed E-state index contributed by atoms with van der Waals surface area (Å²) in [4.78, 5) is 27.6. The monoisotopic (exact) mass is 250 g/mol. The third-order valence-corrected chi connectivity index (χ3v) is 2.68. The minimum Gasteiger partial charge on any atom is -0.298 e. The molecule has 0 bridgehead atoms. The highest BCUT2D eigenvalue weighted by atomic mass is 35.5. The number of carbonyl (C=O) groups is 1. The molecule has 88 valence electrons. The molecule has 4 nitrogen and oxygen atoms in total. The van der Waals surface area contributed by atoms with Crippen LogP contribution in [0.3, 0.4) is 0 Å². The Labute approximate surface area is 103 Å². The zero-order chi connectivity index (χ0) is 12.4. The number of nitrogens with zero attached hydrogens (tertiary/aromatic N) is 2. The van der Waals surface area contributed by atoms with Gasteiger partial charge in [0.05, 0.1) is 23.3 Å². The molecule has 0 aliphatic carbocycles. The highest BCUT2D eigenvalue weighted by Crippen LogP contribution is 2.09. The van der Waals surface area contributed by atoms with Crippen molar-refractivity contribution in [2.45, 2.75) is 19.3 Å². The highest BCUT2D eigenvalue weighted by molar-refractivity contribution is 6.16. The molecule has 2 aromatic rings. The van der Waals surface area contributed by atoms with Crippen LogP contribution in [0.1, 0.15) is 12.7 Å². The van der Waals surface area contributed by atoms with E-state index in [9.17, 15) is 9.59 Å². The summed E-state index contributed by atoms with van der Waals surface area (Å²) < 4.78 is 1.33. The molecule has 0 unspecified atom stereocenters. The molecule has 0 spiro atoms. The van der Waals surface area contributed by atoms with Gasteiger partial charge in [-0.2, -0.15) is 0 Å². The number of hydrogen-bond donors (Lipinski definition) is 0. The fourth-order valence-electron chi connectivity index (χ4n) is 1.70. The zero-order valence-electron chi connectivity index (χ0n) is 9.31. The summed E-state index contributed by atoms with van der Waals surface area (Å²) in [6.07, 6.45) is 0. The van der Waals surface area contributed by atoms with Crippen LogP contribution >= 0.6 is 11.6 Å². The van der Waals surface area contributed by atoms with Gasteiger partial charge in [-0.15, -0.1) is 11.6 Å². The SMILES string of the molecule is CC(=O)Cn1c(CCl)nc2ccccc2c1=O. The molecule has 0 N–H and O–H groups in total. The van der Waals surface area contributed by atoms with Crippen LogP contribution in [0, 0.1) is 0 Å². The first-order valence-electron chi connectivity index (χ1n) is 5.17. The predicted octanol–water partition coefficient (Wildman–Crippen LogP) is 1.72. The maximum Gasteiger partial charge on any atom is 0.261 e. The van der Waals surface area contributed by atoms with Gasteiger partial charge in [0.15, 0.2) is 0 Å². The van der Waals surface area contributed by atoms with Crippen LogP contribution in [0.2, 0.25) is 0 Å². The number of Topliss-reactive ketones (excluding diaryl/α,β-unsaturated/α-hetero) is 1. The van der Waals surface area contributed by atoms with Crippen LogP contribution in [0.5, 0.6) is 0 Å². The van der Waals surface area contributed by atoms with Crippen molar-refractivity contribution >= 4 is 28.3 Å². The summed E-state index contributed by atoms with van der Waals surface area (Å²) in [5, 5.41) is 0.502. The van der Waals surface area contributed by atoms with Gasteiger partial charge in [0, 0.05) is 0 Å². The molecular weight excluding hydrogens is 240 g/mol. The van der Waals surface area contributed by atoms with E-state index in [2.05, 4.69) is 4.98 Å². The third-order valence-electron chi connectivity index (χ3n) is 2.44. The Hall–Kier alpha value is -1.68. The average Bonchev–Trinajstić information content (AvgIpc) is 2.32. The number of para-hydroxylation sites is 1. The minimum atomic E-state index is -0.221. The van der Waals surface area contributed by atoms with Crippen molar-refractivity contribution < 1.29 is 4.79 Å². The fraction of sp³-hybridized carbons (Fsp3) is 0.250. The van der Waals surface area contributed by atoms with Gasteiger partial charge in [-0.25, -0.2) is 4.98 Å².